The maximum Gasteiger partial charge on any atom is 0.168 e. The van der Waals surface area contributed by atoms with Crippen LogP contribution in [0, 0.1) is 0 Å². The van der Waals surface area contributed by atoms with Gasteiger partial charge >= 0.3 is 0 Å². The summed E-state index contributed by atoms with van der Waals surface area (Å²) in [5, 5.41) is 20.9. The van der Waals surface area contributed by atoms with E-state index < -0.39 is 11.7 Å². The fourth-order valence-corrected chi connectivity index (χ4v) is 3.89. The number of phenolic OH excluding ortho intramolecular Hbond substituents is 1. The lowest BCUT2D eigenvalue weighted by molar-refractivity contribution is -0.0864. The molecule has 5 nitrogen and oxygen atoms in total. The number of fused-ring (bicyclic) bond motifs is 6. The Hall–Kier alpha value is -2.66. The third-order valence-corrected chi connectivity index (χ3v) is 5.26. The van der Waals surface area contributed by atoms with Crippen LogP contribution in [0.3, 0.4) is 0 Å². The zero-order valence-corrected chi connectivity index (χ0v) is 13.8. The van der Waals surface area contributed by atoms with Crippen LogP contribution in [0.4, 0.5) is 0 Å². The summed E-state index contributed by atoms with van der Waals surface area (Å²) in [5.41, 5.74) is 2.21. The number of benzene rings is 2. The summed E-state index contributed by atoms with van der Waals surface area (Å²) in [6, 6.07) is 8.63. The van der Waals surface area contributed by atoms with Gasteiger partial charge in [-0.2, -0.15) is 0 Å². The third-order valence-electron chi connectivity index (χ3n) is 5.26. The standard InChI is InChI=1S/C20H18O5/c1-10(2)15-6-11-5-13-17(8-16(11)24-15)23-9-20(22)14-4-3-12(21)7-18(14)25-19(13)20/h3-5,7-8,15,19,21-22H,1,6,9H2,2H3/t15-,19?,20?/m1/s1. The summed E-state index contributed by atoms with van der Waals surface area (Å²) in [5.74, 6) is 2.05. The van der Waals surface area contributed by atoms with Crippen molar-refractivity contribution in [2.75, 3.05) is 6.61 Å². The number of rotatable bonds is 1. The van der Waals surface area contributed by atoms with E-state index in [4.69, 9.17) is 14.2 Å². The van der Waals surface area contributed by atoms with Gasteiger partial charge in [-0.05, 0) is 36.3 Å². The summed E-state index contributed by atoms with van der Waals surface area (Å²) < 4.78 is 17.8. The topological polar surface area (TPSA) is 68.2 Å². The molecule has 0 aliphatic carbocycles. The Morgan fingerprint density at radius 2 is 2.00 bits per heavy atom. The lowest BCUT2D eigenvalue weighted by Gasteiger charge is -2.35. The average molecular weight is 338 g/mol. The van der Waals surface area contributed by atoms with Gasteiger partial charge in [0.2, 0.25) is 0 Å². The molecule has 0 radical (unpaired) electrons. The van der Waals surface area contributed by atoms with Crippen LogP contribution in [-0.2, 0) is 12.0 Å². The van der Waals surface area contributed by atoms with E-state index in [1.54, 1.807) is 12.1 Å². The maximum atomic E-state index is 11.2. The molecule has 2 unspecified atom stereocenters. The molecule has 2 aromatic rings. The fraction of sp³-hybridized carbons (Fsp3) is 0.300. The van der Waals surface area contributed by atoms with Crippen LogP contribution in [0.1, 0.15) is 29.7 Å². The van der Waals surface area contributed by atoms with Gasteiger partial charge in [0.05, 0.1) is 0 Å². The highest BCUT2D eigenvalue weighted by Gasteiger charge is 2.53. The number of phenols is 1. The molecule has 2 N–H and O–H groups in total. The van der Waals surface area contributed by atoms with Crippen molar-refractivity contribution in [3.05, 3.63) is 59.2 Å². The molecule has 0 saturated carbocycles. The molecule has 3 aliphatic heterocycles. The molecular formula is C20H18O5. The molecule has 0 bridgehead atoms. The first kappa shape index (κ1) is 14.7. The second kappa shape index (κ2) is 4.70. The second-order valence-electron chi connectivity index (χ2n) is 7.05. The molecule has 0 fully saturated rings. The Bertz CT molecular complexity index is 919. The molecule has 2 aromatic carbocycles. The first-order valence-electron chi connectivity index (χ1n) is 8.30. The predicted octanol–water partition coefficient (Wildman–Crippen LogP) is 2.99. The largest absolute Gasteiger partial charge is 0.508 e. The molecule has 0 saturated heterocycles. The van der Waals surface area contributed by atoms with Crippen molar-refractivity contribution in [1.82, 2.24) is 0 Å². The lowest BCUT2D eigenvalue weighted by Crippen LogP contribution is -2.41. The van der Waals surface area contributed by atoms with Crippen LogP contribution in [-0.4, -0.2) is 22.9 Å². The molecule has 128 valence electrons. The van der Waals surface area contributed by atoms with E-state index in [1.807, 2.05) is 19.1 Å². The molecule has 5 heteroatoms. The monoisotopic (exact) mass is 338 g/mol. The van der Waals surface area contributed by atoms with Gasteiger partial charge in [0.25, 0.3) is 0 Å². The minimum atomic E-state index is -1.27. The van der Waals surface area contributed by atoms with Gasteiger partial charge in [0, 0.05) is 29.7 Å². The van der Waals surface area contributed by atoms with Crippen molar-refractivity contribution in [1.29, 1.82) is 0 Å². The van der Waals surface area contributed by atoms with Crippen LogP contribution >= 0.6 is 0 Å². The molecular weight excluding hydrogens is 320 g/mol. The Balaban J connectivity index is 1.59. The van der Waals surface area contributed by atoms with E-state index in [1.165, 1.54) is 6.07 Å². The van der Waals surface area contributed by atoms with Gasteiger partial charge in [0.15, 0.2) is 11.7 Å². The van der Waals surface area contributed by atoms with Crippen LogP contribution < -0.4 is 14.2 Å². The van der Waals surface area contributed by atoms with Crippen molar-refractivity contribution in [2.24, 2.45) is 0 Å². The quantitative estimate of drug-likeness (QED) is 0.783. The van der Waals surface area contributed by atoms with E-state index in [0.717, 1.165) is 28.9 Å². The number of hydrogen-bond acceptors (Lipinski definition) is 5. The van der Waals surface area contributed by atoms with Crippen molar-refractivity contribution in [3.8, 4) is 23.0 Å². The molecule has 0 aromatic heterocycles. The van der Waals surface area contributed by atoms with E-state index in [2.05, 4.69) is 6.58 Å². The SMILES string of the molecule is C=C(C)[C@H]1Cc2cc3c(cc2O1)OCC1(O)c2ccc(O)cc2OC31. The van der Waals surface area contributed by atoms with E-state index in [9.17, 15) is 10.2 Å². The first-order chi connectivity index (χ1) is 12.0. The van der Waals surface area contributed by atoms with Crippen molar-refractivity contribution >= 4 is 0 Å². The molecule has 0 spiro atoms. The van der Waals surface area contributed by atoms with Crippen molar-refractivity contribution in [3.63, 3.8) is 0 Å². The van der Waals surface area contributed by atoms with Gasteiger partial charge in [-0.15, -0.1) is 0 Å². The summed E-state index contributed by atoms with van der Waals surface area (Å²) in [7, 11) is 0. The van der Waals surface area contributed by atoms with Crippen LogP contribution in [0.15, 0.2) is 42.5 Å². The Kier molecular flexibility index (Phi) is 2.76. The Morgan fingerprint density at radius 1 is 1.16 bits per heavy atom. The van der Waals surface area contributed by atoms with E-state index in [-0.39, 0.29) is 18.5 Å². The zero-order valence-electron chi connectivity index (χ0n) is 13.8. The molecule has 3 aliphatic rings. The highest BCUT2D eigenvalue weighted by atomic mass is 16.5. The minimum Gasteiger partial charge on any atom is -0.508 e. The van der Waals surface area contributed by atoms with Crippen LogP contribution in [0.25, 0.3) is 0 Å². The molecule has 5 rings (SSSR count). The minimum absolute atomic E-state index is 0.0311. The number of ether oxygens (including phenoxy) is 3. The highest BCUT2D eigenvalue weighted by molar-refractivity contribution is 5.56. The predicted molar refractivity (Wildman–Crippen MR) is 90.2 cm³/mol. The highest BCUT2D eigenvalue weighted by Crippen LogP contribution is 2.55. The Morgan fingerprint density at radius 3 is 2.80 bits per heavy atom. The van der Waals surface area contributed by atoms with Crippen LogP contribution in [0.5, 0.6) is 23.0 Å². The van der Waals surface area contributed by atoms with Crippen molar-refractivity contribution in [2.45, 2.75) is 31.2 Å². The number of aliphatic hydroxyl groups is 1. The second-order valence-corrected chi connectivity index (χ2v) is 7.05. The van der Waals surface area contributed by atoms with Gasteiger partial charge in [0.1, 0.15) is 35.7 Å². The first-order valence-corrected chi connectivity index (χ1v) is 8.30. The maximum absolute atomic E-state index is 11.2. The number of aromatic hydroxyl groups is 1. The third kappa shape index (κ3) is 1.93. The molecule has 3 atom stereocenters. The lowest BCUT2D eigenvalue weighted by atomic mass is 9.84. The van der Waals surface area contributed by atoms with Crippen molar-refractivity contribution < 1.29 is 24.4 Å². The summed E-state index contributed by atoms with van der Waals surface area (Å²) >= 11 is 0. The molecule has 25 heavy (non-hydrogen) atoms. The Labute approximate surface area is 145 Å². The van der Waals surface area contributed by atoms with E-state index >= 15 is 0 Å². The summed E-state index contributed by atoms with van der Waals surface area (Å²) in [4.78, 5) is 0. The summed E-state index contributed by atoms with van der Waals surface area (Å²) in [6.07, 6.45) is 0.148. The zero-order chi connectivity index (χ0) is 17.3. The molecule has 0 amide bonds. The normalized spacial score (nSPS) is 27.9. The van der Waals surface area contributed by atoms with Gasteiger partial charge in [-0.3, -0.25) is 0 Å². The summed E-state index contributed by atoms with van der Waals surface area (Å²) in [6.45, 7) is 6.01. The smallest absolute Gasteiger partial charge is 0.168 e. The molecule has 3 heterocycles. The fourth-order valence-electron chi connectivity index (χ4n) is 3.89. The van der Waals surface area contributed by atoms with Gasteiger partial charge < -0.3 is 24.4 Å². The average Bonchev–Trinajstić information content (AvgIpc) is 3.11. The van der Waals surface area contributed by atoms with Crippen LogP contribution in [0.2, 0.25) is 0 Å². The van der Waals surface area contributed by atoms with Gasteiger partial charge in [-0.1, -0.05) is 6.58 Å². The van der Waals surface area contributed by atoms with E-state index in [0.29, 0.717) is 17.1 Å². The number of hydrogen-bond donors (Lipinski definition) is 2. The van der Waals surface area contributed by atoms with Gasteiger partial charge in [-0.25, -0.2) is 0 Å².